The van der Waals surface area contributed by atoms with Gasteiger partial charge in [0.05, 0.1) is 12.2 Å². The maximum Gasteiger partial charge on any atom is 0.243 e. The summed E-state index contributed by atoms with van der Waals surface area (Å²) < 4.78 is 10.7. The first-order valence-corrected chi connectivity index (χ1v) is 5.29. The first-order chi connectivity index (χ1) is 7.96. The topological polar surface area (TPSA) is 94.1 Å². The minimum atomic E-state index is -0.251. The molecule has 0 radical (unpaired) electrons. The number of amidine groups is 1. The molecule has 3 N–H and O–H groups in total. The smallest absolute Gasteiger partial charge is 0.243 e. The molecular formula is C11H18N4O2. The highest BCUT2D eigenvalue weighted by Gasteiger charge is 2.17. The third-order valence-corrected chi connectivity index (χ3v) is 2.42. The van der Waals surface area contributed by atoms with Gasteiger partial charge in [-0.05, 0) is 13.8 Å². The van der Waals surface area contributed by atoms with E-state index in [1.54, 1.807) is 7.11 Å². The standard InChI is InChI=1S/C11H18N4O2/c1-11(2,16-3)4-7-17-10-8(9(12)13)14-5-6-15-10/h5-6H,4,7H2,1-3H3,(H3,12,13). The van der Waals surface area contributed by atoms with Crippen molar-refractivity contribution < 1.29 is 9.47 Å². The molecule has 1 aromatic heterocycles. The molecule has 17 heavy (non-hydrogen) atoms. The Bertz CT molecular complexity index is 393. The van der Waals surface area contributed by atoms with Crippen LogP contribution >= 0.6 is 0 Å². The van der Waals surface area contributed by atoms with E-state index in [0.29, 0.717) is 13.0 Å². The number of nitrogens with two attached hydrogens (primary N) is 1. The van der Waals surface area contributed by atoms with Crippen LogP contribution in [0.1, 0.15) is 26.0 Å². The van der Waals surface area contributed by atoms with Gasteiger partial charge in [-0.3, -0.25) is 5.41 Å². The molecule has 1 aromatic rings. The molecule has 0 atom stereocenters. The van der Waals surface area contributed by atoms with Crippen LogP contribution in [0.3, 0.4) is 0 Å². The van der Waals surface area contributed by atoms with E-state index in [1.165, 1.54) is 12.4 Å². The van der Waals surface area contributed by atoms with Crippen LogP contribution in [0, 0.1) is 5.41 Å². The van der Waals surface area contributed by atoms with Crippen LogP contribution in [0.2, 0.25) is 0 Å². The quantitative estimate of drug-likeness (QED) is 0.568. The van der Waals surface area contributed by atoms with Gasteiger partial charge in [0.25, 0.3) is 0 Å². The van der Waals surface area contributed by atoms with E-state index >= 15 is 0 Å². The minimum absolute atomic E-state index is 0.154. The van der Waals surface area contributed by atoms with E-state index in [1.807, 2.05) is 13.8 Å². The van der Waals surface area contributed by atoms with E-state index < -0.39 is 0 Å². The van der Waals surface area contributed by atoms with Crippen LogP contribution in [-0.2, 0) is 4.74 Å². The van der Waals surface area contributed by atoms with Gasteiger partial charge in [0.2, 0.25) is 5.88 Å². The Labute approximate surface area is 101 Å². The van der Waals surface area contributed by atoms with Crippen molar-refractivity contribution in [2.75, 3.05) is 13.7 Å². The van der Waals surface area contributed by atoms with Gasteiger partial charge in [-0.2, -0.15) is 0 Å². The number of hydrogen-bond acceptors (Lipinski definition) is 5. The number of ether oxygens (including phenoxy) is 2. The Morgan fingerprint density at radius 1 is 1.41 bits per heavy atom. The monoisotopic (exact) mass is 238 g/mol. The van der Waals surface area contributed by atoms with Gasteiger partial charge in [0, 0.05) is 25.9 Å². The van der Waals surface area contributed by atoms with E-state index in [0.717, 1.165) is 0 Å². The SMILES string of the molecule is COC(C)(C)CCOc1nccnc1C(=N)N. The zero-order valence-corrected chi connectivity index (χ0v) is 10.4. The van der Waals surface area contributed by atoms with Crippen molar-refractivity contribution in [2.24, 2.45) is 5.73 Å². The molecule has 0 aromatic carbocycles. The largest absolute Gasteiger partial charge is 0.476 e. The molecule has 0 aliphatic rings. The fraction of sp³-hybridized carbons (Fsp3) is 0.545. The zero-order valence-electron chi connectivity index (χ0n) is 10.4. The maximum atomic E-state index is 7.34. The molecule has 0 fully saturated rings. The number of hydrogen-bond donors (Lipinski definition) is 2. The Hall–Kier alpha value is -1.69. The lowest BCUT2D eigenvalue weighted by molar-refractivity contribution is 0.00503. The number of aromatic nitrogens is 2. The molecule has 0 aliphatic heterocycles. The lowest BCUT2D eigenvalue weighted by atomic mass is 10.1. The summed E-state index contributed by atoms with van der Waals surface area (Å²) >= 11 is 0. The highest BCUT2D eigenvalue weighted by molar-refractivity contribution is 5.94. The van der Waals surface area contributed by atoms with Crippen LogP contribution in [0.15, 0.2) is 12.4 Å². The van der Waals surface area contributed by atoms with Crippen molar-refractivity contribution in [1.29, 1.82) is 5.41 Å². The van der Waals surface area contributed by atoms with Gasteiger partial charge < -0.3 is 15.2 Å². The Morgan fingerprint density at radius 2 is 2.06 bits per heavy atom. The van der Waals surface area contributed by atoms with Gasteiger partial charge in [-0.15, -0.1) is 0 Å². The van der Waals surface area contributed by atoms with Gasteiger partial charge in [0.15, 0.2) is 5.69 Å². The number of nitrogens with zero attached hydrogens (tertiary/aromatic N) is 2. The second-order valence-electron chi connectivity index (χ2n) is 4.19. The van der Waals surface area contributed by atoms with Crippen LogP contribution in [-0.4, -0.2) is 35.1 Å². The average Bonchev–Trinajstić information content (AvgIpc) is 2.29. The van der Waals surface area contributed by atoms with Crippen molar-refractivity contribution in [2.45, 2.75) is 25.9 Å². The Morgan fingerprint density at radius 3 is 2.65 bits per heavy atom. The molecule has 94 valence electrons. The molecule has 0 bridgehead atoms. The second-order valence-corrected chi connectivity index (χ2v) is 4.19. The fourth-order valence-corrected chi connectivity index (χ4v) is 1.11. The summed E-state index contributed by atoms with van der Waals surface area (Å²) in [5, 5.41) is 7.34. The third-order valence-electron chi connectivity index (χ3n) is 2.42. The summed E-state index contributed by atoms with van der Waals surface area (Å²) in [6, 6.07) is 0. The molecule has 6 heteroatoms. The van der Waals surface area contributed by atoms with Crippen LogP contribution in [0.4, 0.5) is 0 Å². The molecule has 0 amide bonds. The molecule has 1 rings (SSSR count). The summed E-state index contributed by atoms with van der Waals surface area (Å²) in [5.74, 6) is 0.131. The lowest BCUT2D eigenvalue weighted by Crippen LogP contribution is -2.25. The van der Waals surface area contributed by atoms with Crippen LogP contribution in [0.5, 0.6) is 5.88 Å². The third kappa shape index (κ3) is 3.99. The fourth-order valence-electron chi connectivity index (χ4n) is 1.11. The van der Waals surface area contributed by atoms with Crippen LogP contribution < -0.4 is 10.5 Å². The second kappa shape index (κ2) is 5.58. The summed E-state index contributed by atoms with van der Waals surface area (Å²) in [6.45, 7) is 4.37. The van der Waals surface area contributed by atoms with Crippen molar-refractivity contribution in [1.82, 2.24) is 9.97 Å². The normalized spacial score (nSPS) is 11.2. The van der Waals surface area contributed by atoms with Crippen molar-refractivity contribution in [3.8, 4) is 5.88 Å². The highest BCUT2D eigenvalue weighted by atomic mass is 16.5. The van der Waals surface area contributed by atoms with E-state index in [9.17, 15) is 0 Å². The van der Waals surface area contributed by atoms with E-state index in [4.69, 9.17) is 20.6 Å². The Balaban J connectivity index is 2.61. The molecule has 0 aliphatic carbocycles. The molecule has 1 heterocycles. The molecule has 0 spiro atoms. The first-order valence-electron chi connectivity index (χ1n) is 5.29. The van der Waals surface area contributed by atoms with Crippen LogP contribution in [0.25, 0.3) is 0 Å². The minimum Gasteiger partial charge on any atom is -0.476 e. The zero-order chi connectivity index (χ0) is 12.9. The summed E-state index contributed by atoms with van der Waals surface area (Å²) in [7, 11) is 1.66. The summed E-state index contributed by atoms with van der Waals surface area (Å²) in [5.41, 5.74) is 5.39. The summed E-state index contributed by atoms with van der Waals surface area (Å²) in [4.78, 5) is 7.94. The number of methoxy groups -OCH3 is 1. The maximum absolute atomic E-state index is 7.34. The average molecular weight is 238 g/mol. The Kier molecular flexibility index (Phi) is 4.39. The van der Waals surface area contributed by atoms with Crippen molar-refractivity contribution >= 4 is 5.84 Å². The van der Waals surface area contributed by atoms with E-state index in [2.05, 4.69) is 9.97 Å². The molecule has 0 unspecified atom stereocenters. The van der Waals surface area contributed by atoms with Gasteiger partial charge in [-0.25, -0.2) is 9.97 Å². The van der Waals surface area contributed by atoms with Gasteiger partial charge in [0.1, 0.15) is 5.84 Å². The number of rotatable bonds is 6. The number of nitrogens with one attached hydrogen (secondary N) is 1. The molecule has 6 nitrogen and oxygen atoms in total. The van der Waals surface area contributed by atoms with Gasteiger partial charge >= 0.3 is 0 Å². The molecular weight excluding hydrogens is 220 g/mol. The number of nitrogen functional groups attached to an aromatic ring is 1. The predicted molar refractivity (Wildman–Crippen MR) is 64.2 cm³/mol. The molecule has 0 saturated carbocycles. The van der Waals surface area contributed by atoms with Gasteiger partial charge in [-0.1, -0.05) is 0 Å². The van der Waals surface area contributed by atoms with Crippen molar-refractivity contribution in [3.05, 3.63) is 18.1 Å². The van der Waals surface area contributed by atoms with E-state index in [-0.39, 0.29) is 23.0 Å². The summed E-state index contributed by atoms with van der Waals surface area (Å²) in [6.07, 6.45) is 3.68. The predicted octanol–water partition coefficient (Wildman–Crippen LogP) is 0.955. The van der Waals surface area contributed by atoms with Crippen molar-refractivity contribution in [3.63, 3.8) is 0 Å². The first kappa shape index (κ1) is 13.4. The lowest BCUT2D eigenvalue weighted by Gasteiger charge is -2.22. The molecule has 0 saturated heterocycles. The highest BCUT2D eigenvalue weighted by Crippen LogP contribution is 2.15.